The molecule has 1 N–H and O–H groups in total. The zero-order valence-electron chi connectivity index (χ0n) is 9.17. The van der Waals surface area contributed by atoms with Gasteiger partial charge in [-0.2, -0.15) is 0 Å². The third-order valence-electron chi connectivity index (χ3n) is 2.80. The first-order valence-corrected chi connectivity index (χ1v) is 6.17. The lowest BCUT2D eigenvalue weighted by Crippen LogP contribution is -2.46. The van der Waals surface area contributed by atoms with Crippen LogP contribution in [0.1, 0.15) is 19.3 Å². The zero-order valence-corrected chi connectivity index (χ0v) is 10.7. The number of nitrogens with one attached hydrogen (secondary N) is 1. The highest BCUT2D eigenvalue weighted by Gasteiger charge is 2.35. The lowest BCUT2D eigenvalue weighted by atomic mass is 10.1. The van der Waals surface area contributed by atoms with Gasteiger partial charge in [0.1, 0.15) is 0 Å². The third-order valence-corrected chi connectivity index (χ3v) is 3.35. The molecule has 1 fully saturated rings. The molecule has 0 aromatic rings. The van der Waals surface area contributed by atoms with Crippen molar-refractivity contribution in [2.24, 2.45) is 0 Å². The normalized spacial score (nSPS) is 30.9. The molecule has 5 heteroatoms. The molecule has 1 aliphatic rings. The number of hydrogen-bond acceptors (Lipinski definition) is 2. The summed E-state index contributed by atoms with van der Waals surface area (Å²) in [6.07, 6.45) is 2.16. The number of likely N-dealkylation sites (N-methyl/N-ethyl adjacent to an activating group) is 1. The predicted molar refractivity (Wildman–Crippen MR) is 63.6 cm³/mol. The van der Waals surface area contributed by atoms with Gasteiger partial charge in [0.25, 0.3) is 0 Å². The number of rotatable bonds is 4. The highest BCUT2D eigenvalue weighted by molar-refractivity contribution is 6.21. The lowest BCUT2D eigenvalue weighted by molar-refractivity contribution is -0.121. The molecular weight excluding hydrogens is 235 g/mol. The van der Waals surface area contributed by atoms with E-state index < -0.39 is 0 Å². The molecule has 1 rings (SSSR count). The zero-order chi connectivity index (χ0) is 11.4. The molecule has 0 aromatic carbocycles. The fraction of sp³-hybridized carbons (Fsp3) is 0.900. The molecule has 1 unspecified atom stereocenters. The minimum atomic E-state index is 0.0209. The van der Waals surface area contributed by atoms with Gasteiger partial charge >= 0.3 is 0 Å². The number of carbonyl (C=O) groups is 1. The molecule has 1 aliphatic carbocycles. The van der Waals surface area contributed by atoms with Crippen molar-refractivity contribution in [1.29, 1.82) is 0 Å². The average molecular weight is 253 g/mol. The quantitative estimate of drug-likeness (QED) is 0.769. The Morgan fingerprint density at radius 2 is 2.13 bits per heavy atom. The Balaban J connectivity index is 2.48. The van der Waals surface area contributed by atoms with Gasteiger partial charge < -0.3 is 10.2 Å². The number of nitrogens with zero attached hydrogens (tertiary/aromatic N) is 1. The molecule has 0 aromatic heterocycles. The van der Waals surface area contributed by atoms with E-state index in [2.05, 4.69) is 10.2 Å². The van der Waals surface area contributed by atoms with Crippen LogP contribution in [0.3, 0.4) is 0 Å². The minimum Gasteiger partial charge on any atom is -0.352 e. The second-order valence-corrected chi connectivity index (χ2v) is 5.21. The summed E-state index contributed by atoms with van der Waals surface area (Å²) in [7, 11) is 4.03. The fourth-order valence-electron chi connectivity index (χ4n) is 2.05. The Bertz CT molecular complexity index is 223. The van der Waals surface area contributed by atoms with Gasteiger partial charge in [-0.3, -0.25) is 4.79 Å². The maximum atomic E-state index is 11.4. The minimum absolute atomic E-state index is 0.0209. The van der Waals surface area contributed by atoms with Crippen LogP contribution in [0.4, 0.5) is 0 Å². The largest absolute Gasteiger partial charge is 0.352 e. The van der Waals surface area contributed by atoms with Gasteiger partial charge in [-0.25, -0.2) is 0 Å². The van der Waals surface area contributed by atoms with Gasteiger partial charge in [-0.05, 0) is 26.9 Å². The lowest BCUT2D eigenvalue weighted by Gasteiger charge is -2.26. The maximum absolute atomic E-state index is 11.4. The third kappa shape index (κ3) is 3.82. The monoisotopic (exact) mass is 252 g/mol. The van der Waals surface area contributed by atoms with Crippen LogP contribution in [-0.2, 0) is 4.79 Å². The number of amides is 1. The van der Waals surface area contributed by atoms with Crippen molar-refractivity contribution >= 4 is 29.1 Å². The van der Waals surface area contributed by atoms with Gasteiger partial charge in [-0.15, -0.1) is 23.2 Å². The van der Waals surface area contributed by atoms with E-state index in [4.69, 9.17) is 23.2 Å². The second-order valence-electron chi connectivity index (χ2n) is 4.21. The van der Waals surface area contributed by atoms with Crippen molar-refractivity contribution in [2.45, 2.75) is 36.7 Å². The average Bonchev–Trinajstić information content (AvgIpc) is 2.47. The summed E-state index contributed by atoms with van der Waals surface area (Å²) in [4.78, 5) is 13.5. The number of carbonyl (C=O) groups excluding carboxylic acids is 1. The Morgan fingerprint density at radius 1 is 1.47 bits per heavy atom. The van der Waals surface area contributed by atoms with E-state index in [1.807, 2.05) is 14.1 Å². The van der Waals surface area contributed by atoms with E-state index in [1.54, 1.807) is 0 Å². The van der Waals surface area contributed by atoms with Crippen molar-refractivity contribution in [3.63, 3.8) is 0 Å². The number of hydrogen-bond donors (Lipinski definition) is 1. The van der Waals surface area contributed by atoms with Crippen LogP contribution < -0.4 is 5.32 Å². The molecule has 0 spiro atoms. The van der Waals surface area contributed by atoms with E-state index in [0.29, 0.717) is 18.3 Å². The first-order valence-electron chi connectivity index (χ1n) is 5.20. The maximum Gasteiger partial charge on any atom is 0.221 e. The molecule has 15 heavy (non-hydrogen) atoms. The Hall–Kier alpha value is 0.01000. The predicted octanol–water partition coefficient (Wildman–Crippen LogP) is 1.43. The van der Waals surface area contributed by atoms with E-state index in [0.717, 1.165) is 12.8 Å². The molecule has 88 valence electrons. The molecule has 0 saturated heterocycles. The topological polar surface area (TPSA) is 32.3 Å². The van der Waals surface area contributed by atoms with Gasteiger partial charge in [0, 0.05) is 29.8 Å². The second kappa shape index (κ2) is 5.92. The van der Waals surface area contributed by atoms with Crippen LogP contribution in [0.15, 0.2) is 0 Å². The number of halogens is 2. The highest BCUT2D eigenvalue weighted by atomic mass is 35.5. The fourth-order valence-corrected chi connectivity index (χ4v) is 2.59. The first kappa shape index (κ1) is 13.1. The van der Waals surface area contributed by atoms with E-state index in [1.165, 1.54) is 0 Å². The van der Waals surface area contributed by atoms with Crippen molar-refractivity contribution in [2.75, 3.05) is 20.0 Å². The first-order chi connectivity index (χ1) is 7.04. The summed E-state index contributed by atoms with van der Waals surface area (Å²) in [5, 5.41) is 3.16. The Kier molecular flexibility index (Phi) is 5.16. The molecule has 0 radical (unpaired) electrons. The van der Waals surface area contributed by atoms with E-state index in [-0.39, 0.29) is 17.3 Å². The highest BCUT2D eigenvalue weighted by Crippen LogP contribution is 2.27. The molecule has 0 aliphatic heterocycles. The SMILES string of the molecule is CN(C)[C@@H]1CC(Cl)C[C@H]1NC(=O)CCCl. The molecule has 1 amide bonds. The van der Waals surface area contributed by atoms with E-state index >= 15 is 0 Å². The van der Waals surface area contributed by atoms with E-state index in [9.17, 15) is 4.79 Å². The van der Waals surface area contributed by atoms with Gasteiger partial charge in [0.05, 0.1) is 0 Å². The summed E-state index contributed by atoms with van der Waals surface area (Å²) in [5.74, 6) is 0.391. The molecule has 1 saturated carbocycles. The molecule has 0 heterocycles. The Morgan fingerprint density at radius 3 is 2.67 bits per heavy atom. The van der Waals surface area contributed by atoms with Crippen molar-refractivity contribution in [3.05, 3.63) is 0 Å². The standard InChI is InChI=1S/C10H18Cl2N2O/c1-14(2)9-6-7(12)5-8(9)13-10(15)3-4-11/h7-9H,3-6H2,1-2H3,(H,13,15)/t7?,8-,9-/m1/s1. The van der Waals surface area contributed by atoms with Crippen molar-refractivity contribution in [1.82, 2.24) is 10.2 Å². The van der Waals surface area contributed by atoms with Crippen LogP contribution in [0, 0.1) is 0 Å². The smallest absolute Gasteiger partial charge is 0.221 e. The summed E-state index contributed by atoms with van der Waals surface area (Å²) < 4.78 is 0. The summed E-state index contributed by atoms with van der Waals surface area (Å²) in [6.45, 7) is 0. The molecule has 3 atom stereocenters. The van der Waals surface area contributed by atoms with Crippen LogP contribution in [0.25, 0.3) is 0 Å². The van der Waals surface area contributed by atoms with Crippen LogP contribution in [0.2, 0.25) is 0 Å². The Labute approximate surface area is 101 Å². The van der Waals surface area contributed by atoms with Crippen LogP contribution in [0.5, 0.6) is 0 Å². The van der Waals surface area contributed by atoms with Crippen molar-refractivity contribution < 1.29 is 4.79 Å². The van der Waals surface area contributed by atoms with Crippen LogP contribution >= 0.6 is 23.2 Å². The summed E-state index contributed by atoms with van der Waals surface area (Å²) in [6, 6.07) is 0.505. The summed E-state index contributed by atoms with van der Waals surface area (Å²) >= 11 is 11.6. The molecule has 0 bridgehead atoms. The van der Waals surface area contributed by atoms with Crippen LogP contribution in [-0.4, -0.2) is 48.2 Å². The van der Waals surface area contributed by atoms with Gasteiger partial charge in [0.2, 0.25) is 5.91 Å². The summed E-state index contributed by atoms with van der Waals surface area (Å²) in [5.41, 5.74) is 0. The van der Waals surface area contributed by atoms with Crippen molar-refractivity contribution in [3.8, 4) is 0 Å². The number of alkyl halides is 2. The van der Waals surface area contributed by atoms with Gasteiger partial charge in [0.15, 0.2) is 0 Å². The van der Waals surface area contributed by atoms with Gasteiger partial charge in [-0.1, -0.05) is 0 Å². The molecule has 3 nitrogen and oxygen atoms in total. The molecular formula is C10H18Cl2N2O.